The second-order valence-electron chi connectivity index (χ2n) is 6.07. The summed E-state index contributed by atoms with van der Waals surface area (Å²) >= 11 is 3.37. The first-order valence-electron chi connectivity index (χ1n) is 8.62. The number of methoxy groups -OCH3 is 1. The Bertz CT molecular complexity index is 1000. The molecular weight excluding hydrogens is 420 g/mol. The molecule has 2 N–H and O–H groups in total. The molecule has 5 nitrogen and oxygen atoms in total. The summed E-state index contributed by atoms with van der Waals surface area (Å²) in [5, 5.41) is 5.68. The molecule has 0 unspecified atom stereocenters. The van der Waals surface area contributed by atoms with Crippen LogP contribution in [0.5, 0.6) is 0 Å². The third kappa shape index (κ3) is 4.85. The van der Waals surface area contributed by atoms with E-state index < -0.39 is 0 Å². The van der Waals surface area contributed by atoms with Crippen LogP contribution in [0.15, 0.2) is 77.3 Å². The van der Waals surface area contributed by atoms with Gasteiger partial charge in [-0.25, -0.2) is 0 Å². The van der Waals surface area contributed by atoms with Crippen LogP contribution < -0.4 is 10.6 Å². The van der Waals surface area contributed by atoms with Gasteiger partial charge in [-0.05, 0) is 57.9 Å². The van der Waals surface area contributed by atoms with Gasteiger partial charge in [-0.1, -0.05) is 36.4 Å². The van der Waals surface area contributed by atoms with Gasteiger partial charge in [0.15, 0.2) is 0 Å². The fourth-order valence-corrected chi connectivity index (χ4v) is 3.19. The van der Waals surface area contributed by atoms with Gasteiger partial charge in [0, 0.05) is 17.3 Å². The average Bonchev–Trinajstić information content (AvgIpc) is 2.69. The summed E-state index contributed by atoms with van der Waals surface area (Å²) < 4.78 is 5.81. The van der Waals surface area contributed by atoms with Crippen molar-refractivity contribution in [3.63, 3.8) is 0 Å². The van der Waals surface area contributed by atoms with Crippen molar-refractivity contribution < 1.29 is 14.3 Å². The lowest BCUT2D eigenvalue weighted by Crippen LogP contribution is -2.18. The molecule has 0 aliphatic carbocycles. The summed E-state index contributed by atoms with van der Waals surface area (Å²) in [7, 11) is 1.62. The topological polar surface area (TPSA) is 67.4 Å². The highest BCUT2D eigenvalue weighted by molar-refractivity contribution is 9.10. The van der Waals surface area contributed by atoms with Crippen LogP contribution in [-0.4, -0.2) is 18.9 Å². The van der Waals surface area contributed by atoms with Gasteiger partial charge in [0.2, 0.25) is 0 Å². The van der Waals surface area contributed by atoms with E-state index in [2.05, 4.69) is 26.6 Å². The van der Waals surface area contributed by atoms with Crippen molar-refractivity contribution in [2.75, 3.05) is 17.7 Å². The molecule has 6 heteroatoms. The summed E-state index contributed by atoms with van der Waals surface area (Å²) in [5.41, 5.74) is 2.92. The van der Waals surface area contributed by atoms with E-state index in [4.69, 9.17) is 4.74 Å². The number of hydrogen-bond acceptors (Lipinski definition) is 3. The Kier molecular flexibility index (Phi) is 6.57. The number of rotatable bonds is 6. The highest BCUT2D eigenvalue weighted by atomic mass is 79.9. The Morgan fingerprint density at radius 2 is 1.54 bits per heavy atom. The Morgan fingerprint density at radius 3 is 2.29 bits per heavy atom. The summed E-state index contributed by atoms with van der Waals surface area (Å²) in [5.74, 6) is -0.604. The molecule has 0 fully saturated rings. The molecule has 3 aromatic rings. The Balaban J connectivity index is 1.80. The molecule has 3 aromatic carbocycles. The number of halogens is 1. The number of anilines is 2. The minimum atomic E-state index is -0.308. The highest BCUT2D eigenvalue weighted by Gasteiger charge is 2.15. The molecule has 0 atom stereocenters. The lowest BCUT2D eigenvalue weighted by Gasteiger charge is -2.12. The number of hydrogen-bond donors (Lipinski definition) is 2. The summed E-state index contributed by atoms with van der Waals surface area (Å²) in [6.07, 6.45) is 0. The van der Waals surface area contributed by atoms with E-state index >= 15 is 0 Å². The van der Waals surface area contributed by atoms with E-state index in [9.17, 15) is 9.59 Å². The van der Waals surface area contributed by atoms with Gasteiger partial charge in [-0.15, -0.1) is 0 Å². The predicted molar refractivity (Wildman–Crippen MR) is 114 cm³/mol. The first kappa shape index (κ1) is 19.8. The molecule has 0 radical (unpaired) electrons. The zero-order valence-corrected chi connectivity index (χ0v) is 16.8. The van der Waals surface area contributed by atoms with Crippen molar-refractivity contribution in [2.45, 2.75) is 6.61 Å². The van der Waals surface area contributed by atoms with E-state index in [-0.39, 0.29) is 11.8 Å². The van der Waals surface area contributed by atoms with E-state index in [0.29, 0.717) is 33.6 Å². The number of ether oxygens (including phenoxy) is 1. The summed E-state index contributed by atoms with van der Waals surface area (Å²) in [4.78, 5) is 25.4. The third-order valence-corrected chi connectivity index (χ3v) is 4.73. The number of amides is 2. The SMILES string of the molecule is COCc1cccc(NC(=O)c2ccccc2NC(=O)c2ccccc2Br)c1. The van der Waals surface area contributed by atoms with Crippen LogP contribution in [0.3, 0.4) is 0 Å². The highest BCUT2D eigenvalue weighted by Crippen LogP contribution is 2.21. The van der Waals surface area contributed by atoms with Crippen molar-refractivity contribution in [2.24, 2.45) is 0 Å². The van der Waals surface area contributed by atoms with Crippen molar-refractivity contribution in [1.82, 2.24) is 0 Å². The minimum Gasteiger partial charge on any atom is -0.380 e. The van der Waals surface area contributed by atoms with Crippen LogP contribution in [0.4, 0.5) is 11.4 Å². The van der Waals surface area contributed by atoms with Crippen molar-refractivity contribution in [3.05, 3.63) is 94.0 Å². The number of carbonyl (C=O) groups excluding carboxylic acids is 2. The number of benzene rings is 3. The van der Waals surface area contributed by atoms with Gasteiger partial charge in [0.05, 0.1) is 23.4 Å². The first-order valence-corrected chi connectivity index (χ1v) is 9.42. The minimum absolute atomic E-state index is 0.296. The molecular formula is C22H19BrN2O3. The first-order chi connectivity index (χ1) is 13.6. The molecule has 0 spiro atoms. The summed E-state index contributed by atoms with van der Waals surface area (Å²) in [6, 6.07) is 21.4. The van der Waals surface area contributed by atoms with Gasteiger partial charge in [-0.2, -0.15) is 0 Å². The zero-order chi connectivity index (χ0) is 19.9. The molecule has 142 valence electrons. The van der Waals surface area contributed by atoms with Crippen LogP contribution in [0.2, 0.25) is 0 Å². The van der Waals surface area contributed by atoms with Gasteiger partial charge in [-0.3, -0.25) is 9.59 Å². The number of carbonyl (C=O) groups is 2. The van der Waals surface area contributed by atoms with Gasteiger partial charge < -0.3 is 15.4 Å². The maximum atomic E-state index is 12.8. The second-order valence-corrected chi connectivity index (χ2v) is 6.92. The maximum Gasteiger partial charge on any atom is 0.257 e. The van der Waals surface area contributed by atoms with Crippen LogP contribution in [0.1, 0.15) is 26.3 Å². The number of nitrogens with one attached hydrogen (secondary N) is 2. The molecule has 0 aromatic heterocycles. The second kappa shape index (κ2) is 9.30. The van der Waals surface area contributed by atoms with Crippen LogP contribution in [0.25, 0.3) is 0 Å². The molecule has 0 bridgehead atoms. The maximum absolute atomic E-state index is 12.8. The number of para-hydroxylation sites is 1. The largest absolute Gasteiger partial charge is 0.380 e. The fraction of sp³-hybridized carbons (Fsp3) is 0.0909. The van der Waals surface area contributed by atoms with Gasteiger partial charge in [0.25, 0.3) is 11.8 Å². The quantitative estimate of drug-likeness (QED) is 0.562. The van der Waals surface area contributed by atoms with Crippen LogP contribution in [0, 0.1) is 0 Å². The van der Waals surface area contributed by atoms with E-state index in [0.717, 1.165) is 5.56 Å². The molecule has 0 heterocycles. The molecule has 0 aliphatic heterocycles. The molecule has 0 aliphatic rings. The van der Waals surface area contributed by atoms with E-state index in [1.807, 2.05) is 24.3 Å². The predicted octanol–water partition coefficient (Wildman–Crippen LogP) is 5.10. The fourth-order valence-electron chi connectivity index (χ4n) is 2.73. The van der Waals surface area contributed by atoms with Crippen molar-refractivity contribution >= 4 is 39.1 Å². The smallest absolute Gasteiger partial charge is 0.257 e. The third-order valence-electron chi connectivity index (χ3n) is 4.03. The lowest BCUT2D eigenvalue weighted by molar-refractivity contribution is 0.102. The Labute approximate surface area is 171 Å². The molecule has 2 amide bonds. The summed E-state index contributed by atoms with van der Waals surface area (Å²) in [6.45, 7) is 0.461. The lowest BCUT2D eigenvalue weighted by atomic mass is 10.1. The molecule has 0 saturated heterocycles. The van der Waals surface area contributed by atoms with Crippen LogP contribution in [-0.2, 0) is 11.3 Å². The molecule has 3 rings (SSSR count). The molecule has 28 heavy (non-hydrogen) atoms. The van der Waals surface area contributed by atoms with Gasteiger partial charge >= 0.3 is 0 Å². The van der Waals surface area contributed by atoms with E-state index in [1.165, 1.54) is 0 Å². The van der Waals surface area contributed by atoms with E-state index in [1.54, 1.807) is 55.6 Å². The average molecular weight is 439 g/mol. The Morgan fingerprint density at radius 1 is 0.857 bits per heavy atom. The zero-order valence-electron chi connectivity index (χ0n) is 15.2. The van der Waals surface area contributed by atoms with Crippen molar-refractivity contribution in [3.8, 4) is 0 Å². The monoisotopic (exact) mass is 438 g/mol. The Hall–Kier alpha value is -2.96. The van der Waals surface area contributed by atoms with Crippen LogP contribution >= 0.6 is 15.9 Å². The normalized spacial score (nSPS) is 10.4. The standard InChI is InChI=1S/C22H19BrN2O3/c1-28-14-15-7-6-8-16(13-15)24-22(27)18-10-3-5-12-20(18)25-21(26)17-9-2-4-11-19(17)23/h2-13H,14H2,1H3,(H,24,27)(H,25,26). The van der Waals surface area contributed by atoms with Crippen molar-refractivity contribution in [1.29, 1.82) is 0 Å². The van der Waals surface area contributed by atoms with Gasteiger partial charge in [0.1, 0.15) is 0 Å². The molecule has 0 saturated carbocycles.